The van der Waals surface area contributed by atoms with E-state index in [2.05, 4.69) is 53.3 Å². The van der Waals surface area contributed by atoms with Crippen LogP contribution in [0.1, 0.15) is 45.1 Å². The third-order valence-corrected chi connectivity index (χ3v) is 4.88. The lowest BCUT2D eigenvalue weighted by molar-refractivity contribution is -0.0293. The molecular formula is C12H18ClIN2O. The summed E-state index contributed by atoms with van der Waals surface area (Å²) in [6.07, 6.45) is 2.51. The molecule has 1 heterocycles. The van der Waals surface area contributed by atoms with E-state index < -0.39 is 5.60 Å². The van der Waals surface area contributed by atoms with Crippen molar-refractivity contribution in [3.8, 4) is 0 Å². The van der Waals surface area contributed by atoms with Crippen LogP contribution in [0, 0.1) is 3.57 Å². The largest absolute Gasteiger partial charge is 0.370 e. The van der Waals surface area contributed by atoms with Gasteiger partial charge in [-0.2, -0.15) is 0 Å². The molecular weight excluding hydrogens is 351 g/mol. The van der Waals surface area contributed by atoms with Crippen molar-refractivity contribution >= 4 is 34.2 Å². The Morgan fingerprint density at radius 3 is 2.24 bits per heavy atom. The number of aryl methyl sites for hydroxylation is 1. The normalized spacial score (nSPS) is 11.9. The van der Waals surface area contributed by atoms with E-state index in [1.807, 2.05) is 0 Å². The van der Waals surface area contributed by atoms with Gasteiger partial charge >= 0.3 is 0 Å². The van der Waals surface area contributed by atoms with Crippen LogP contribution in [0.15, 0.2) is 0 Å². The number of hydrogen-bond acceptors (Lipinski definition) is 3. The van der Waals surface area contributed by atoms with E-state index in [0.717, 1.165) is 28.5 Å². The Kier molecular flexibility index (Phi) is 5.60. The highest BCUT2D eigenvalue weighted by atomic mass is 127. The molecule has 1 aromatic rings. The van der Waals surface area contributed by atoms with Crippen LogP contribution in [0.4, 0.5) is 0 Å². The van der Waals surface area contributed by atoms with Gasteiger partial charge in [-0.15, -0.1) is 0 Å². The quantitative estimate of drug-likeness (QED) is 0.583. The molecule has 3 nitrogen and oxygen atoms in total. The summed E-state index contributed by atoms with van der Waals surface area (Å²) in [6, 6.07) is 0. The predicted molar refractivity (Wildman–Crippen MR) is 78.4 cm³/mol. The first-order valence-corrected chi connectivity index (χ1v) is 7.27. The average Bonchev–Trinajstić information content (AvgIpc) is 2.36. The summed E-state index contributed by atoms with van der Waals surface area (Å²) in [5.41, 5.74) is 0.571. The highest BCUT2D eigenvalue weighted by molar-refractivity contribution is 14.1. The monoisotopic (exact) mass is 368 g/mol. The zero-order valence-corrected chi connectivity index (χ0v) is 13.6. The Morgan fingerprint density at radius 1 is 1.24 bits per heavy atom. The molecule has 0 bridgehead atoms. The molecule has 17 heavy (non-hydrogen) atoms. The molecule has 96 valence electrons. The first-order valence-electron chi connectivity index (χ1n) is 5.82. The Balaban J connectivity index is 3.35. The summed E-state index contributed by atoms with van der Waals surface area (Å²) >= 11 is 8.35. The average molecular weight is 369 g/mol. The van der Waals surface area contributed by atoms with E-state index in [0.29, 0.717) is 11.0 Å². The fourth-order valence-corrected chi connectivity index (χ4v) is 2.66. The van der Waals surface area contributed by atoms with Crippen molar-refractivity contribution in [2.75, 3.05) is 7.11 Å². The van der Waals surface area contributed by atoms with Crippen molar-refractivity contribution in [3.05, 3.63) is 20.2 Å². The zero-order chi connectivity index (χ0) is 13.1. The molecule has 0 radical (unpaired) electrons. The minimum atomic E-state index is -0.419. The second-order valence-corrected chi connectivity index (χ2v) is 5.29. The summed E-state index contributed by atoms with van der Waals surface area (Å²) in [7, 11) is 1.70. The standard InChI is InChI=1S/C12H18ClIN2O/c1-5-8-9(14)10(13)16-11(15-8)12(6-2,7-3)17-4/h5-7H2,1-4H3. The predicted octanol–water partition coefficient (Wildman–Crippen LogP) is 3.96. The van der Waals surface area contributed by atoms with E-state index in [1.165, 1.54) is 0 Å². The topological polar surface area (TPSA) is 35.0 Å². The van der Waals surface area contributed by atoms with Gasteiger partial charge in [0.1, 0.15) is 10.8 Å². The maximum absolute atomic E-state index is 6.16. The first kappa shape index (κ1) is 15.1. The van der Waals surface area contributed by atoms with Crippen molar-refractivity contribution in [3.63, 3.8) is 0 Å². The summed E-state index contributed by atoms with van der Waals surface area (Å²) in [5, 5.41) is 0.524. The molecule has 0 amide bonds. The lowest BCUT2D eigenvalue weighted by atomic mass is 9.96. The zero-order valence-electron chi connectivity index (χ0n) is 10.7. The van der Waals surface area contributed by atoms with Crippen molar-refractivity contribution in [2.24, 2.45) is 0 Å². The fourth-order valence-electron chi connectivity index (χ4n) is 1.85. The van der Waals surface area contributed by atoms with Gasteiger partial charge in [0.25, 0.3) is 0 Å². The van der Waals surface area contributed by atoms with Gasteiger partial charge in [0, 0.05) is 7.11 Å². The van der Waals surface area contributed by atoms with Crippen LogP contribution < -0.4 is 0 Å². The Morgan fingerprint density at radius 2 is 1.82 bits per heavy atom. The molecule has 0 fully saturated rings. The van der Waals surface area contributed by atoms with Gasteiger partial charge in [0.15, 0.2) is 5.82 Å². The van der Waals surface area contributed by atoms with Crippen LogP contribution in [0.2, 0.25) is 5.15 Å². The van der Waals surface area contributed by atoms with Crippen LogP contribution in [0.25, 0.3) is 0 Å². The van der Waals surface area contributed by atoms with Gasteiger partial charge in [0.05, 0.1) is 9.26 Å². The summed E-state index contributed by atoms with van der Waals surface area (Å²) < 4.78 is 6.57. The first-order chi connectivity index (χ1) is 8.04. The number of aromatic nitrogens is 2. The number of ether oxygens (including phenoxy) is 1. The molecule has 0 aliphatic rings. The van der Waals surface area contributed by atoms with Crippen LogP contribution in [-0.4, -0.2) is 17.1 Å². The minimum Gasteiger partial charge on any atom is -0.370 e. The van der Waals surface area contributed by atoms with Gasteiger partial charge in [-0.05, 0) is 41.9 Å². The molecule has 0 aliphatic carbocycles. The maximum Gasteiger partial charge on any atom is 0.162 e. The highest BCUT2D eigenvalue weighted by Gasteiger charge is 2.32. The molecule has 0 saturated carbocycles. The molecule has 1 rings (SSSR count). The number of rotatable bonds is 5. The molecule has 0 saturated heterocycles. The molecule has 0 spiro atoms. The lowest BCUT2D eigenvalue weighted by Crippen LogP contribution is -2.30. The maximum atomic E-state index is 6.16. The van der Waals surface area contributed by atoms with Crippen molar-refractivity contribution < 1.29 is 4.74 Å². The van der Waals surface area contributed by atoms with Crippen molar-refractivity contribution in [1.29, 1.82) is 0 Å². The summed E-state index contributed by atoms with van der Waals surface area (Å²) in [4.78, 5) is 9.00. The molecule has 1 aromatic heterocycles. The molecule has 0 aromatic carbocycles. The molecule has 0 N–H and O–H groups in total. The van der Waals surface area contributed by atoms with Gasteiger partial charge in [-0.1, -0.05) is 32.4 Å². The number of methoxy groups -OCH3 is 1. The van der Waals surface area contributed by atoms with Gasteiger partial charge in [-0.25, -0.2) is 9.97 Å². The third-order valence-electron chi connectivity index (χ3n) is 3.15. The Bertz CT molecular complexity index is 386. The van der Waals surface area contributed by atoms with E-state index in [4.69, 9.17) is 16.3 Å². The van der Waals surface area contributed by atoms with Crippen molar-refractivity contribution in [2.45, 2.75) is 45.6 Å². The molecule has 5 heteroatoms. The van der Waals surface area contributed by atoms with Crippen LogP contribution in [0.3, 0.4) is 0 Å². The van der Waals surface area contributed by atoms with Gasteiger partial charge in [0.2, 0.25) is 0 Å². The van der Waals surface area contributed by atoms with E-state index >= 15 is 0 Å². The number of nitrogens with zero attached hydrogens (tertiary/aromatic N) is 2. The SMILES string of the molecule is CCc1nc(C(CC)(CC)OC)nc(Cl)c1I. The minimum absolute atomic E-state index is 0.419. The molecule has 0 unspecified atom stereocenters. The Labute approximate surface area is 121 Å². The fraction of sp³-hybridized carbons (Fsp3) is 0.667. The van der Waals surface area contributed by atoms with Crippen molar-refractivity contribution in [1.82, 2.24) is 9.97 Å². The highest BCUT2D eigenvalue weighted by Crippen LogP contribution is 2.32. The van der Waals surface area contributed by atoms with E-state index in [-0.39, 0.29) is 0 Å². The molecule has 0 atom stereocenters. The van der Waals surface area contributed by atoms with Crippen LogP contribution >= 0.6 is 34.2 Å². The molecule has 0 aliphatic heterocycles. The lowest BCUT2D eigenvalue weighted by Gasteiger charge is -2.29. The third kappa shape index (κ3) is 2.90. The van der Waals surface area contributed by atoms with Crippen LogP contribution in [0.5, 0.6) is 0 Å². The van der Waals surface area contributed by atoms with Gasteiger partial charge in [-0.3, -0.25) is 0 Å². The van der Waals surface area contributed by atoms with E-state index in [9.17, 15) is 0 Å². The Hall–Kier alpha value is 0.0600. The van der Waals surface area contributed by atoms with E-state index in [1.54, 1.807) is 7.11 Å². The summed E-state index contributed by atoms with van der Waals surface area (Å²) in [5.74, 6) is 0.701. The summed E-state index contributed by atoms with van der Waals surface area (Å²) in [6.45, 7) is 6.22. The van der Waals surface area contributed by atoms with Crippen LogP contribution in [-0.2, 0) is 16.8 Å². The number of hydrogen-bond donors (Lipinski definition) is 0. The van der Waals surface area contributed by atoms with Gasteiger partial charge < -0.3 is 4.74 Å². The second-order valence-electron chi connectivity index (χ2n) is 3.86. The second kappa shape index (κ2) is 6.29. The number of halogens is 2. The smallest absolute Gasteiger partial charge is 0.162 e.